The highest BCUT2D eigenvalue weighted by atomic mass is 16.5. The van der Waals surface area contributed by atoms with E-state index in [1.165, 1.54) is 78.0 Å². The largest absolute Gasteiger partial charge is 0.485 e. The number of para-hydroxylation sites is 2. The lowest BCUT2D eigenvalue weighted by molar-refractivity contribution is 0.221. The first-order chi connectivity index (χ1) is 35.8. The number of rotatable bonds is 8. The summed E-state index contributed by atoms with van der Waals surface area (Å²) in [6.07, 6.45) is 6.48. The normalized spacial score (nSPS) is 16.8. The Morgan fingerprint density at radius 2 is 0.863 bits per heavy atom. The van der Waals surface area contributed by atoms with Crippen LogP contribution in [0.1, 0.15) is 61.4 Å². The molecule has 1 aliphatic heterocycles. The quantitative estimate of drug-likeness (QED) is 0.151. The van der Waals surface area contributed by atoms with Crippen molar-refractivity contribution in [3.05, 3.63) is 276 Å². The number of nitrogens with zero attached hydrogens (tertiary/aromatic N) is 2. The van der Waals surface area contributed by atoms with Crippen LogP contribution in [-0.2, 0) is 10.8 Å². The van der Waals surface area contributed by atoms with Crippen molar-refractivity contribution in [2.75, 3.05) is 9.80 Å². The average Bonchev–Trinajstić information content (AvgIpc) is 3.82. The molecule has 2 atom stereocenters. The van der Waals surface area contributed by atoms with Crippen LogP contribution < -0.4 is 14.5 Å². The van der Waals surface area contributed by atoms with Gasteiger partial charge in [0.25, 0.3) is 0 Å². The molecule has 350 valence electrons. The number of hydrogen-bond acceptors (Lipinski definition) is 3. The summed E-state index contributed by atoms with van der Waals surface area (Å²) in [5.41, 5.74) is 23.5. The van der Waals surface area contributed by atoms with Gasteiger partial charge in [-0.3, -0.25) is 0 Å². The fraction of sp³-hybridized carbons (Fsp3) is 0.114. The summed E-state index contributed by atoms with van der Waals surface area (Å²) >= 11 is 0. The first-order valence-corrected chi connectivity index (χ1v) is 25.7. The van der Waals surface area contributed by atoms with Gasteiger partial charge in [-0.2, -0.15) is 0 Å². The van der Waals surface area contributed by atoms with E-state index in [4.69, 9.17) is 4.74 Å². The molecule has 0 spiro atoms. The molecule has 3 aliphatic carbocycles. The van der Waals surface area contributed by atoms with Crippen LogP contribution in [0.3, 0.4) is 0 Å². The molecule has 2 unspecified atom stereocenters. The molecule has 0 amide bonds. The third-order valence-electron chi connectivity index (χ3n) is 16.4. The van der Waals surface area contributed by atoms with Gasteiger partial charge in [0.1, 0.15) is 11.9 Å². The number of hydrogen-bond donors (Lipinski definition) is 0. The smallest absolute Gasteiger partial charge is 0.130 e. The van der Waals surface area contributed by atoms with E-state index in [2.05, 4.69) is 280 Å². The van der Waals surface area contributed by atoms with Gasteiger partial charge in [-0.1, -0.05) is 198 Å². The van der Waals surface area contributed by atoms with E-state index >= 15 is 0 Å². The highest BCUT2D eigenvalue weighted by Gasteiger charge is 2.41. The van der Waals surface area contributed by atoms with Crippen LogP contribution in [0.15, 0.2) is 248 Å². The fourth-order valence-corrected chi connectivity index (χ4v) is 13.2. The van der Waals surface area contributed by atoms with Crippen molar-refractivity contribution < 1.29 is 4.74 Å². The summed E-state index contributed by atoms with van der Waals surface area (Å²) < 4.78 is 7.12. The Morgan fingerprint density at radius 1 is 0.397 bits per heavy atom. The van der Waals surface area contributed by atoms with Crippen LogP contribution in [0.4, 0.5) is 28.4 Å². The first-order valence-electron chi connectivity index (χ1n) is 25.7. The van der Waals surface area contributed by atoms with Crippen molar-refractivity contribution >= 4 is 39.2 Å². The van der Waals surface area contributed by atoms with Crippen molar-refractivity contribution in [1.29, 1.82) is 0 Å². The Bertz CT molecular complexity index is 3690. The molecule has 0 bridgehead atoms. The highest BCUT2D eigenvalue weighted by Crippen LogP contribution is 2.55. The minimum absolute atomic E-state index is 0.0603. The molecule has 10 aromatic carbocycles. The van der Waals surface area contributed by atoms with Gasteiger partial charge in [-0.05, 0) is 145 Å². The van der Waals surface area contributed by atoms with Crippen LogP contribution in [0.25, 0.3) is 55.3 Å². The summed E-state index contributed by atoms with van der Waals surface area (Å²) in [4.78, 5) is 4.85. The van der Waals surface area contributed by atoms with Gasteiger partial charge in [0.05, 0.1) is 11.6 Å². The Kier molecular flexibility index (Phi) is 9.72. The van der Waals surface area contributed by atoms with Crippen LogP contribution >= 0.6 is 0 Å². The Labute approximate surface area is 428 Å². The lowest BCUT2D eigenvalue weighted by Gasteiger charge is -2.41. The number of anilines is 5. The van der Waals surface area contributed by atoms with Gasteiger partial charge < -0.3 is 14.5 Å². The van der Waals surface area contributed by atoms with E-state index in [1.54, 1.807) is 0 Å². The van der Waals surface area contributed by atoms with Gasteiger partial charge in [-0.15, -0.1) is 0 Å². The second kappa shape index (κ2) is 16.4. The molecule has 3 heteroatoms. The standard InChI is InChI=1S/C70H54N2O/c1-69(2)59-31-13-11-23-53(59)55-27-15-25-51(67(55)69)45-35-39-49(40-36-45)71(50-41-37-46(38-42-50)52-26-16-28-56-54-24-12-14-32-60(54)70(3,4)68(52)56)61-43-44-64-65-57(61)29-17-30-58(65)66-62(33-18-34-63(66)73-64)72(47-19-7-5-8-20-47)48-21-9-6-10-22-48/h5-44,63,66H,1-4H3. The number of ether oxygens (including phenoxy) is 1. The zero-order valence-electron chi connectivity index (χ0n) is 41.6. The van der Waals surface area contributed by atoms with Crippen molar-refractivity contribution in [1.82, 2.24) is 0 Å². The molecule has 0 aromatic heterocycles. The predicted octanol–water partition coefficient (Wildman–Crippen LogP) is 18.4. The average molecular weight is 939 g/mol. The molecule has 3 nitrogen and oxygen atoms in total. The van der Waals surface area contributed by atoms with Gasteiger partial charge in [0, 0.05) is 50.0 Å². The third kappa shape index (κ3) is 6.58. The summed E-state index contributed by atoms with van der Waals surface area (Å²) in [7, 11) is 0. The highest BCUT2D eigenvalue weighted by molar-refractivity contribution is 6.05. The molecular formula is C70H54N2O. The second-order valence-electron chi connectivity index (χ2n) is 21.1. The number of allylic oxidation sites excluding steroid dienone is 2. The molecule has 0 radical (unpaired) electrons. The topological polar surface area (TPSA) is 15.7 Å². The molecular weight excluding hydrogens is 885 g/mol. The lowest BCUT2D eigenvalue weighted by Crippen LogP contribution is -2.35. The zero-order chi connectivity index (χ0) is 49.0. The van der Waals surface area contributed by atoms with Crippen molar-refractivity contribution in [3.8, 4) is 50.3 Å². The Hall–Kier alpha value is -8.66. The molecule has 14 rings (SSSR count). The number of benzene rings is 10. The minimum atomic E-state index is -0.176. The monoisotopic (exact) mass is 938 g/mol. The first kappa shape index (κ1) is 43.2. The maximum Gasteiger partial charge on any atom is 0.130 e. The maximum atomic E-state index is 7.12. The van der Waals surface area contributed by atoms with E-state index in [0.29, 0.717) is 0 Å². The van der Waals surface area contributed by atoms with Crippen LogP contribution in [0, 0.1) is 0 Å². The fourth-order valence-electron chi connectivity index (χ4n) is 13.2. The Morgan fingerprint density at radius 3 is 1.41 bits per heavy atom. The molecule has 0 N–H and O–H groups in total. The van der Waals surface area contributed by atoms with Gasteiger partial charge >= 0.3 is 0 Å². The van der Waals surface area contributed by atoms with E-state index in [1.807, 2.05) is 0 Å². The summed E-state index contributed by atoms with van der Waals surface area (Å²) in [6, 6.07) is 82.8. The van der Waals surface area contributed by atoms with Crippen molar-refractivity contribution in [2.24, 2.45) is 0 Å². The molecule has 1 heterocycles. The molecule has 10 aromatic rings. The van der Waals surface area contributed by atoms with Crippen LogP contribution in [0.2, 0.25) is 0 Å². The van der Waals surface area contributed by atoms with E-state index in [9.17, 15) is 0 Å². The van der Waals surface area contributed by atoms with Gasteiger partial charge in [-0.25, -0.2) is 0 Å². The van der Waals surface area contributed by atoms with Gasteiger partial charge in [0.15, 0.2) is 0 Å². The zero-order valence-corrected chi connectivity index (χ0v) is 41.6. The molecule has 4 aliphatic rings. The second-order valence-corrected chi connectivity index (χ2v) is 21.1. The molecule has 0 saturated carbocycles. The Balaban J connectivity index is 0.917. The predicted molar refractivity (Wildman–Crippen MR) is 304 cm³/mol. The van der Waals surface area contributed by atoms with E-state index < -0.39 is 0 Å². The van der Waals surface area contributed by atoms with Crippen molar-refractivity contribution in [2.45, 2.75) is 50.5 Å². The SMILES string of the molecule is CC1(C)c2ccccc2-c2cccc(-c3ccc(N(c4ccc(-c5cccc6c5C(C)(C)c5ccccc5-6)cc4)c4ccc5c6c(cccc46)C4C(N(c6ccccc6)c6ccccc6)=CC=CC4O5)cc3)c21. The summed E-state index contributed by atoms with van der Waals surface area (Å²) in [6.45, 7) is 9.49. The van der Waals surface area contributed by atoms with E-state index in [-0.39, 0.29) is 22.9 Å². The molecule has 73 heavy (non-hydrogen) atoms. The third-order valence-corrected chi connectivity index (χ3v) is 16.4. The summed E-state index contributed by atoms with van der Waals surface area (Å²) in [5, 5.41) is 2.28. The van der Waals surface area contributed by atoms with Crippen molar-refractivity contribution in [3.63, 3.8) is 0 Å². The number of fused-ring (bicyclic) bond motifs is 8. The van der Waals surface area contributed by atoms with E-state index in [0.717, 1.165) is 45.0 Å². The van der Waals surface area contributed by atoms with Crippen LogP contribution in [-0.4, -0.2) is 6.10 Å². The lowest BCUT2D eigenvalue weighted by atomic mass is 9.79. The minimum Gasteiger partial charge on any atom is -0.485 e. The molecule has 0 saturated heterocycles. The maximum absolute atomic E-state index is 7.12. The van der Waals surface area contributed by atoms with Gasteiger partial charge in [0.2, 0.25) is 0 Å². The van der Waals surface area contributed by atoms with Crippen LogP contribution in [0.5, 0.6) is 5.75 Å². The summed E-state index contributed by atoms with van der Waals surface area (Å²) in [5.74, 6) is 0.844. The molecule has 0 fully saturated rings.